The normalized spacial score (nSPS) is 11.0. The van der Waals surface area contributed by atoms with Crippen LogP contribution in [0.2, 0.25) is 0 Å². The Morgan fingerprint density at radius 1 is 1.67 bits per heavy atom. The fourth-order valence-electron chi connectivity index (χ4n) is 0.895. The van der Waals surface area contributed by atoms with Crippen LogP contribution in [0.4, 0.5) is 8.78 Å². The van der Waals surface area contributed by atoms with E-state index in [9.17, 15) is 8.78 Å². The van der Waals surface area contributed by atoms with E-state index in [1.807, 2.05) is 6.92 Å². The van der Waals surface area contributed by atoms with Gasteiger partial charge in [-0.15, -0.1) is 0 Å². The predicted molar refractivity (Wildman–Crippen MR) is 40.9 cm³/mol. The Bertz CT molecular complexity index is 234. The van der Waals surface area contributed by atoms with Crippen molar-refractivity contribution in [2.24, 2.45) is 0 Å². The highest BCUT2D eigenvalue weighted by Gasteiger charge is 2.09. The molecular formula is C7H11F2N3. The van der Waals surface area contributed by atoms with Crippen molar-refractivity contribution in [1.82, 2.24) is 14.9 Å². The van der Waals surface area contributed by atoms with Crippen molar-refractivity contribution in [3.63, 3.8) is 0 Å². The molecule has 0 unspecified atom stereocenters. The van der Waals surface area contributed by atoms with E-state index in [0.29, 0.717) is 12.4 Å². The summed E-state index contributed by atoms with van der Waals surface area (Å²) in [6, 6.07) is 0. The van der Waals surface area contributed by atoms with Crippen LogP contribution in [0.3, 0.4) is 0 Å². The van der Waals surface area contributed by atoms with Gasteiger partial charge in [0.25, 0.3) is 0 Å². The van der Waals surface area contributed by atoms with Gasteiger partial charge in [0.15, 0.2) is 0 Å². The van der Waals surface area contributed by atoms with Crippen LogP contribution in [0.15, 0.2) is 12.4 Å². The summed E-state index contributed by atoms with van der Waals surface area (Å²) in [6.07, 6.45) is 2.65. The third-order valence-electron chi connectivity index (χ3n) is 1.49. The minimum Gasteiger partial charge on any atom is -0.310 e. The van der Waals surface area contributed by atoms with Gasteiger partial charge in [-0.1, -0.05) is 6.92 Å². The lowest BCUT2D eigenvalue weighted by molar-refractivity contribution is 0.0666. The number of nitrogens with zero attached hydrogens (tertiary/aromatic N) is 2. The molecule has 0 bridgehead atoms. The summed E-state index contributed by atoms with van der Waals surface area (Å²) in [5.41, 5.74) is 0. The molecule has 1 aromatic heterocycles. The topological polar surface area (TPSA) is 29.9 Å². The number of imidazole rings is 1. The molecule has 0 saturated heterocycles. The Hall–Kier alpha value is -0.970. The molecule has 1 aromatic rings. The van der Waals surface area contributed by atoms with Crippen molar-refractivity contribution in [3.05, 3.63) is 18.2 Å². The van der Waals surface area contributed by atoms with Gasteiger partial charge in [0.2, 0.25) is 0 Å². The van der Waals surface area contributed by atoms with Crippen LogP contribution in [0, 0.1) is 0 Å². The summed E-state index contributed by atoms with van der Waals surface area (Å²) >= 11 is 0. The summed E-state index contributed by atoms with van der Waals surface area (Å²) < 4.78 is 25.2. The number of aromatic nitrogens is 2. The fraction of sp³-hybridized carbons (Fsp3) is 0.571. The lowest BCUT2D eigenvalue weighted by atomic mass is 10.5. The van der Waals surface area contributed by atoms with Crippen LogP contribution in [0.25, 0.3) is 0 Å². The molecule has 0 amide bonds. The average Bonchev–Trinajstić information content (AvgIpc) is 2.48. The third kappa shape index (κ3) is 2.01. The van der Waals surface area contributed by atoms with Crippen LogP contribution in [-0.4, -0.2) is 16.1 Å². The summed E-state index contributed by atoms with van der Waals surface area (Å²) in [5.74, 6) is 0.367. The molecule has 0 aromatic carbocycles. The molecule has 3 nitrogen and oxygen atoms in total. The zero-order valence-electron chi connectivity index (χ0n) is 6.80. The minimum atomic E-state index is -2.50. The Labute approximate surface area is 69.4 Å². The highest BCUT2D eigenvalue weighted by molar-refractivity contribution is 4.91. The van der Waals surface area contributed by atoms with E-state index >= 15 is 0 Å². The van der Waals surface area contributed by atoms with Crippen LogP contribution >= 0.6 is 0 Å². The van der Waals surface area contributed by atoms with Gasteiger partial charge in [-0.05, 0) is 6.54 Å². The SMILES string of the molecule is CCNCc1nccn1C(F)F. The van der Waals surface area contributed by atoms with E-state index in [1.54, 1.807) is 0 Å². The Morgan fingerprint density at radius 2 is 2.42 bits per heavy atom. The zero-order valence-corrected chi connectivity index (χ0v) is 6.80. The molecule has 0 saturated carbocycles. The average molecular weight is 175 g/mol. The molecule has 0 fully saturated rings. The first-order chi connectivity index (χ1) is 5.75. The summed E-state index contributed by atoms with van der Waals surface area (Å²) in [7, 11) is 0. The number of halogens is 2. The molecule has 0 aliphatic heterocycles. The number of hydrogen-bond donors (Lipinski definition) is 1. The quantitative estimate of drug-likeness (QED) is 0.749. The highest BCUT2D eigenvalue weighted by Crippen LogP contribution is 2.11. The smallest absolute Gasteiger partial charge is 0.310 e. The second-order valence-electron chi connectivity index (χ2n) is 2.31. The molecule has 1 rings (SSSR count). The molecule has 12 heavy (non-hydrogen) atoms. The number of nitrogens with one attached hydrogen (secondary N) is 1. The van der Waals surface area contributed by atoms with Gasteiger partial charge >= 0.3 is 6.55 Å². The van der Waals surface area contributed by atoms with E-state index in [0.717, 1.165) is 11.1 Å². The maximum absolute atomic E-state index is 12.2. The van der Waals surface area contributed by atoms with Gasteiger partial charge in [0, 0.05) is 12.4 Å². The van der Waals surface area contributed by atoms with Gasteiger partial charge in [-0.2, -0.15) is 8.78 Å². The second-order valence-corrected chi connectivity index (χ2v) is 2.31. The second kappa shape index (κ2) is 4.15. The minimum absolute atomic E-state index is 0.367. The first-order valence-corrected chi connectivity index (χ1v) is 3.76. The first kappa shape index (κ1) is 9.12. The highest BCUT2D eigenvalue weighted by atomic mass is 19.3. The lowest BCUT2D eigenvalue weighted by Gasteiger charge is -2.05. The van der Waals surface area contributed by atoms with Crippen LogP contribution in [0.5, 0.6) is 0 Å². The molecular weight excluding hydrogens is 164 g/mol. The van der Waals surface area contributed by atoms with Crippen molar-refractivity contribution >= 4 is 0 Å². The Kier molecular flexibility index (Phi) is 3.16. The van der Waals surface area contributed by atoms with Crippen molar-refractivity contribution in [2.75, 3.05) is 6.54 Å². The molecule has 68 valence electrons. The van der Waals surface area contributed by atoms with Gasteiger partial charge in [-0.3, -0.25) is 4.57 Å². The molecule has 0 spiro atoms. The molecule has 0 atom stereocenters. The number of hydrogen-bond acceptors (Lipinski definition) is 2. The Morgan fingerprint density at radius 3 is 3.00 bits per heavy atom. The maximum Gasteiger partial charge on any atom is 0.319 e. The zero-order chi connectivity index (χ0) is 8.97. The number of alkyl halides is 2. The van der Waals surface area contributed by atoms with Gasteiger partial charge < -0.3 is 5.32 Å². The van der Waals surface area contributed by atoms with Crippen LogP contribution in [0.1, 0.15) is 19.3 Å². The van der Waals surface area contributed by atoms with Crippen LogP contribution in [-0.2, 0) is 6.54 Å². The summed E-state index contributed by atoms with van der Waals surface area (Å²) in [4.78, 5) is 3.80. The number of rotatable bonds is 4. The van der Waals surface area contributed by atoms with Gasteiger partial charge in [0.1, 0.15) is 5.82 Å². The predicted octanol–water partition coefficient (Wildman–Crippen LogP) is 1.39. The molecule has 0 aliphatic rings. The molecule has 5 heteroatoms. The van der Waals surface area contributed by atoms with Crippen molar-refractivity contribution in [1.29, 1.82) is 0 Å². The standard InChI is InChI=1S/C7H11F2N3/c1-2-10-5-6-11-3-4-12(6)7(8)9/h3-4,7,10H,2,5H2,1H3. The van der Waals surface area contributed by atoms with Crippen molar-refractivity contribution in [2.45, 2.75) is 20.0 Å². The van der Waals surface area contributed by atoms with E-state index in [2.05, 4.69) is 10.3 Å². The molecule has 0 radical (unpaired) electrons. The van der Waals surface area contributed by atoms with E-state index in [-0.39, 0.29) is 0 Å². The molecule has 0 aliphatic carbocycles. The van der Waals surface area contributed by atoms with Crippen molar-refractivity contribution in [3.8, 4) is 0 Å². The lowest BCUT2D eigenvalue weighted by Crippen LogP contribution is -2.16. The fourth-order valence-corrected chi connectivity index (χ4v) is 0.895. The Balaban J connectivity index is 2.64. The van der Waals surface area contributed by atoms with Gasteiger partial charge in [0.05, 0.1) is 6.54 Å². The maximum atomic E-state index is 12.2. The van der Waals surface area contributed by atoms with E-state index in [4.69, 9.17) is 0 Å². The van der Waals surface area contributed by atoms with Crippen LogP contribution < -0.4 is 5.32 Å². The monoisotopic (exact) mass is 175 g/mol. The largest absolute Gasteiger partial charge is 0.319 e. The molecule has 1 N–H and O–H groups in total. The van der Waals surface area contributed by atoms with Crippen molar-refractivity contribution < 1.29 is 8.78 Å². The van der Waals surface area contributed by atoms with E-state index < -0.39 is 6.55 Å². The third-order valence-corrected chi connectivity index (χ3v) is 1.49. The van der Waals surface area contributed by atoms with E-state index in [1.165, 1.54) is 12.4 Å². The van der Waals surface area contributed by atoms with Gasteiger partial charge in [-0.25, -0.2) is 4.98 Å². The summed E-state index contributed by atoms with van der Waals surface area (Å²) in [5, 5.41) is 2.93. The first-order valence-electron chi connectivity index (χ1n) is 3.76. The summed E-state index contributed by atoms with van der Waals surface area (Å²) in [6.45, 7) is 0.542. The molecule has 1 heterocycles.